The fourth-order valence-electron chi connectivity index (χ4n) is 2.19. The number of imidazole rings is 1. The van der Waals surface area contributed by atoms with Gasteiger partial charge in [0.05, 0.1) is 29.2 Å². The van der Waals surface area contributed by atoms with Crippen molar-refractivity contribution in [2.24, 2.45) is 0 Å². The van der Waals surface area contributed by atoms with Gasteiger partial charge in [0.2, 0.25) is 0 Å². The molecule has 102 valence electrons. The van der Waals surface area contributed by atoms with Crippen molar-refractivity contribution in [1.82, 2.24) is 9.55 Å². The molecule has 19 heavy (non-hydrogen) atoms. The van der Waals surface area contributed by atoms with Crippen molar-refractivity contribution < 1.29 is 14.6 Å². The number of benzene rings is 1. The Balaban J connectivity index is 2.59. The van der Waals surface area contributed by atoms with Gasteiger partial charge < -0.3 is 14.8 Å². The summed E-state index contributed by atoms with van der Waals surface area (Å²) in [6.45, 7) is 2.41. The van der Waals surface area contributed by atoms with Crippen LogP contribution in [0.5, 0.6) is 0 Å². The molecule has 0 aliphatic heterocycles. The summed E-state index contributed by atoms with van der Waals surface area (Å²) < 4.78 is 6.73. The Kier molecular flexibility index (Phi) is 3.71. The number of rotatable bonds is 5. The van der Waals surface area contributed by atoms with Crippen LogP contribution in [0.25, 0.3) is 11.0 Å². The number of nitrogens with one attached hydrogen (secondary N) is 1. The minimum Gasteiger partial charge on any atom is -0.478 e. The molecular weight excluding hydrogens is 248 g/mol. The second kappa shape index (κ2) is 5.27. The molecule has 1 heterocycles. The van der Waals surface area contributed by atoms with E-state index in [0.29, 0.717) is 17.6 Å². The number of carbonyl (C=O) groups is 1. The van der Waals surface area contributed by atoms with Crippen molar-refractivity contribution in [3.63, 3.8) is 0 Å². The smallest absolute Gasteiger partial charge is 0.335 e. The maximum absolute atomic E-state index is 12.0. The number of carboxylic acids is 1. The normalized spacial score (nSPS) is 12.7. The summed E-state index contributed by atoms with van der Waals surface area (Å²) in [5.41, 5.74) is 1.13. The molecule has 1 aromatic heterocycles. The van der Waals surface area contributed by atoms with E-state index in [1.54, 1.807) is 17.7 Å². The quantitative estimate of drug-likeness (QED) is 0.859. The standard InChI is InChI=1S/C13H16N2O4/c1-3-9(7-19-2)15-11-5-4-8(12(16)17)6-10(11)14-13(15)18/h4-6,9H,3,7H2,1-2H3,(H,14,18)(H,16,17). The predicted octanol–water partition coefficient (Wildman–Crippen LogP) is 1.63. The van der Waals surface area contributed by atoms with Crippen molar-refractivity contribution >= 4 is 17.0 Å². The first-order valence-corrected chi connectivity index (χ1v) is 6.05. The summed E-state index contributed by atoms with van der Waals surface area (Å²) >= 11 is 0. The Morgan fingerprint density at radius 2 is 2.26 bits per heavy atom. The Labute approximate surface area is 109 Å². The van der Waals surface area contributed by atoms with Crippen molar-refractivity contribution in [2.45, 2.75) is 19.4 Å². The Morgan fingerprint density at radius 3 is 2.84 bits per heavy atom. The number of hydrogen-bond donors (Lipinski definition) is 2. The van der Waals surface area contributed by atoms with Crippen LogP contribution in [0.2, 0.25) is 0 Å². The van der Waals surface area contributed by atoms with Gasteiger partial charge in [-0.1, -0.05) is 6.92 Å². The average molecular weight is 264 g/mol. The van der Waals surface area contributed by atoms with E-state index in [4.69, 9.17) is 9.84 Å². The third-order valence-corrected chi connectivity index (χ3v) is 3.16. The summed E-state index contributed by atoms with van der Waals surface area (Å²) in [7, 11) is 1.59. The lowest BCUT2D eigenvalue weighted by molar-refractivity contribution is 0.0697. The van der Waals surface area contributed by atoms with E-state index in [9.17, 15) is 9.59 Å². The van der Waals surface area contributed by atoms with Crippen LogP contribution >= 0.6 is 0 Å². The van der Waals surface area contributed by atoms with Crippen molar-refractivity contribution in [2.75, 3.05) is 13.7 Å². The molecule has 0 aliphatic rings. The van der Waals surface area contributed by atoms with Gasteiger partial charge in [0.1, 0.15) is 0 Å². The van der Waals surface area contributed by atoms with Gasteiger partial charge in [0.25, 0.3) is 0 Å². The molecule has 1 unspecified atom stereocenters. The number of hydrogen-bond acceptors (Lipinski definition) is 3. The van der Waals surface area contributed by atoms with Gasteiger partial charge >= 0.3 is 11.7 Å². The monoisotopic (exact) mass is 264 g/mol. The highest BCUT2D eigenvalue weighted by atomic mass is 16.5. The summed E-state index contributed by atoms with van der Waals surface area (Å²) in [5, 5.41) is 8.94. The highest BCUT2D eigenvalue weighted by Gasteiger charge is 2.16. The molecule has 2 N–H and O–H groups in total. The van der Waals surface area contributed by atoms with Crippen LogP contribution in [0.15, 0.2) is 23.0 Å². The lowest BCUT2D eigenvalue weighted by Gasteiger charge is -2.15. The molecule has 0 fully saturated rings. The number of fused-ring (bicyclic) bond motifs is 1. The van der Waals surface area contributed by atoms with E-state index in [1.807, 2.05) is 6.92 Å². The van der Waals surface area contributed by atoms with Gasteiger partial charge in [-0.25, -0.2) is 9.59 Å². The average Bonchev–Trinajstić information content (AvgIpc) is 2.71. The van der Waals surface area contributed by atoms with Gasteiger partial charge in [0, 0.05) is 7.11 Å². The van der Waals surface area contributed by atoms with Crippen LogP contribution in [0, 0.1) is 0 Å². The van der Waals surface area contributed by atoms with E-state index in [2.05, 4.69) is 4.98 Å². The van der Waals surface area contributed by atoms with Gasteiger partial charge in [0.15, 0.2) is 0 Å². The maximum Gasteiger partial charge on any atom is 0.335 e. The lowest BCUT2D eigenvalue weighted by atomic mass is 10.2. The van der Waals surface area contributed by atoms with Gasteiger partial charge in [-0.2, -0.15) is 0 Å². The minimum atomic E-state index is -1.01. The zero-order chi connectivity index (χ0) is 14.0. The SMILES string of the molecule is CCC(COC)n1c(=O)[nH]c2cc(C(=O)O)ccc21. The first kappa shape index (κ1) is 13.4. The number of methoxy groups -OCH3 is 1. The van der Waals surface area contributed by atoms with E-state index in [-0.39, 0.29) is 17.3 Å². The second-order valence-electron chi connectivity index (χ2n) is 4.35. The molecular formula is C13H16N2O4. The highest BCUT2D eigenvalue weighted by molar-refractivity contribution is 5.92. The van der Waals surface area contributed by atoms with Gasteiger partial charge in [-0.05, 0) is 24.6 Å². The molecule has 0 spiro atoms. The van der Waals surface area contributed by atoms with E-state index in [0.717, 1.165) is 6.42 Å². The Morgan fingerprint density at radius 1 is 1.53 bits per heavy atom. The Hall–Kier alpha value is -2.08. The summed E-state index contributed by atoms with van der Waals surface area (Å²) in [4.78, 5) is 25.6. The first-order chi connectivity index (χ1) is 9.08. The van der Waals surface area contributed by atoms with Gasteiger partial charge in [-0.3, -0.25) is 4.57 Å². The number of aromatic carboxylic acids is 1. The van der Waals surface area contributed by atoms with Crippen LogP contribution in [0.1, 0.15) is 29.7 Å². The van der Waals surface area contributed by atoms with Crippen LogP contribution in [0.3, 0.4) is 0 Å². The Bertz CT molecular complexity index is 656. The second-order valence-corrected chi connectivity index (χ2v) is 4.35. The number of aromatic nitrogens is 2. The van der Waals surface area contributed by atoms with Crippen LogP contribution in [-0.4, -0.2) is 34.3 Å². The predicted molar refractivity (Wildman–Crippen MR) is 70.7 cm³/mol. The van der Waals surface area contributed by atoms with Crippen molar-refractivity contribution in [3.8, 4) is 0 Å². The third kappa shape index (κ3) is 2.39. The fourth-order valence-corrected chi connectivity index (χ4v) is 2.19. The summed E-state index contributed by atoms with van der Waals surface area (Å²) in [5.74, 6) is -1.01. The number of H-pyrrole nitrogens is 1. The fraction of sp³-hybridized carbons (Fsp3) is 0.385. The van der Waals surface area contributed by atoms with Crippen molar-refractivity contribution in [3.05, 3.63) is 34.2 Å². The molecule has 2 rings (SSSR count). The minimum absolute atomic E-state index is 0.0677. The van der Waals surface area contributed by atoms with Crippen LogP contribution in [0.4, 0.5) is 0 Å². The third-order valence-electron chi connectivity index (χ3n) is 3.16. The number of ether oxygens (including phenoxy) is 1. The van der Waals surface area contributed by atoms with Gasteiger partial charge in [-0.15, -0.1) is 0 Å². The molecule has 6 heteroatoms. The first-order valence-electron chi connectivity index (χ1n) is 6.05. The largest absolute Gasteiger partial charge is 0.478 e. The molecule has 2 aromatic rings. The highest BCUT2D eigenvalue weighted by Crippen LogP contribution is 2.19. The van der Waals surface area contributed by atoms with Crippen molar-refractivity contribution in [1.29, 1.82) is 0 Å². The van der Waals surface area contributed by atoms with Crippen LogP contribution < -0.4 is 5.69 Å². The molecule has 0 aliphatic carbocycles. The molecule has 0 bridgehead atoms. The zero-order valence-electron chi connectivity index (χ0n) is 10.8. The maximum atomic E-state index is 12.0. The molecule has 1 atom stereocenters. The van der Waals surface area contributed by atoms with E-state index in [1.165, 1.54) is 12.1 Å². The molecule has 0 saturated carbocycles. The molecule has 1 aromatic carbocycles. The van der Waals surface area contributed by atoms with Crippen LogP contribution in [-0.2, 0) is 4.74 Å². The number of aromatic amines is 1. The number of nitrogens with zero attached hydrogens (tertiary/aromatic N) is 1. The topological polar surface area (TPSA) is 84.3 Å². The molecule has 0 amide bonds. The van der Waals surface area contributed by atoms with E-state index >= 15 is 0 Å². The van der Waals surface area contributed by atoms with E-state index < -0.39 is 5.97 Å². The lowest BCUT2D eigenvalue weighted by Crippen LogP contribution is -2.24. The molecule has 6 nitrogen and oxygen atoms in total. The molecule has 0 saturated heterocycles. The summed E-state index contributed by atoms with van der Waals surface area (Å²) in [6.07, 6.45) is 0.751. The summed E-state index contributed by atoms with van der Waals surface area (Å²) in [6, 6.07) is 4.54. The molecule has 0 radical (unpaired) electrons. The zero-order valence-corrected chi connectivity index (χ0v) is 10.8. The number of carboxylic acid groups (broad SMARTS) is 1.